The molecule has 18 heavy (non-hydrogen) atoms. The summed E-state index contributed by atoms with van der Waals surface area (Å²) in [5, 5.41) is 9.52. The lowest BCUT2D eigenvalue weighted by Crippen LogP contribution is -2.04. The van der Waals surface area contributed by atoms with Crippen LogP contribution in [0.15, 0.2) is 36.5 Å². The van der Waals surface area contributed by atoms with Crippen molar-refractivity contribution in [2.75, 3.05) is 0 Å². The van der Waals surface area contributed by atoms with Crippen LogP contribution in [0.1, 0.15) is 35.7 Å². The Morgan fingerprint density at radius 3 is 2.50 bits per heavy atom. The molecule has 0 aliphatic carbocycles. The van der Waals surface area contributed by atoms with E-state index in [1.807, 2.05) is 25.1 Å². The van der Waals surface area contributed by atoms with Gasteiger partial charge < -0.3 is 5.11 Å². The first-order chi connectivity index (χ1) is 8.66. The fourth-order valence-corrected chi connectivity index (χ4v) is 1.96. The van der Waals surface area contributed by atoms with Crippen LogP contribution < -0.4 is 0 Å². The average molecular weight is 242 g/mol. The molecule has 1 heterocycles. The van der Waals surface area contributed by atoms with Gasteiger partial charge in [0, 0.05) is 23.9 Å². The highest BCUT2D eigenvalue weighted by Gasteiger charge is 2.08. The lowest BCUT2D eigenvalue weighted by Gasteiger charge is -2.09. The summed E-state index contributed by atoms with van der Waals surface area (Å²) < 4.78 is 0. The van der Waals surface area contributed by atoms with Crippen LogP contribution in [-0.2, 0) is 12.8 Å². The summed E-state index contributed by atoms with van der Waals surface area (Å²) in [4.78, 5) is 8.74. The first-order valence-corrected chi connectivity index (χ1v) is 6.21. The predicted molar refractivity (Wildman–Crippen MR) is 71.3 cm³/mol. The molecule has 2 rings (SSSR count). The summed E-state index contributed by atoms with van der Waals surface area (Å²) >= 11 is 0. The van der Waals surface area contributed by atoms with Gasteiger partial charge in [-0.25, -0.2) is 9.97 Å². The van der Waals surface area contributed by atoms with Crippen molar-refractivity contribution in [3.63, 3.8) is 0 Å². The minimum absolute atomic E-state index is 0.506. The second-order valence-electron chi connectivity index (χ2n) is 4.49. The van der Waals surface area contributed by atoms with Crippen molar-refractivity contribution in [2.45, 2.75) is 32.8 Å². The molecular formula is C15H18N2O. The predicted octanol–water partition coefficient (Wildman–Crippen LogP) is 2.62. The van der Waals surface area contributed by atoms with E-state index < -0.39 is 6.10 Å². The molecule has 94 valence electrons. The molecule has 1 N–H and O–H groups in total. The van der Waals surface area contributed by atoms with Crippen LogP contribution in [-0.4, -0.2) is 15.1 Å². The van der Waals surface area contributed by atoms with Gasteiger partial charge >= 0.3 is 0 Å². The minimum atomic E-state index is -0.506. The van der Waals surface area contributed by atoms with E-state index in [1.165, 1.54) is 5.56 Å². The van der Waals surface area contributed by atoms with Gasteiger partial charge in [0.05, 0.1) is 6.10 Å². The summed E-state index contributed by atoms with van der Waals surface area (Å²) in [5.74, 6) is 0.834. The summed E-state index contributed by atoms with van der Waals surface area (Å²) in [7, 11) is 0. The van der Waals surface area contributed by atoms with Crippen LogP contribution >= 0.6 is 0 Å². The van der Waals surface area contributed by atoms with Gasteiger partial charge in [0.1, 0.15) is 5.82 Å². The molecule has 0 saturated carbocycles. The van der Waals surface area contributed by atoms with E-state index in [4.69, 9.17) is 0 Å². The zero-order chi connectivity index (χ0) is 13.0. The lowest BCUT2D eigenvalue weighted by atomic mass is 10.1. The molecule has 1 aromatic heterocycles. The van der Waals surface area contributed by atoms with Crippen LogP contribution in [0.4, 0.5) is 0 Å². The van der Waals surface area contributed by atoms with E-state index in [1.54, 1.807) is 13.1 Å². The number of aromatic nitrogens is 2. The summed E-state index contributed by atoms with van der Waals surface area (Å²) in [6, 6.07) is 10.3. The highest BCUT2D eigenvalue weighted by Crippen LogP contribution is 2.14. The van der Waals surface area contributed by atoms with Crippen molar-refractivity contribution in [2.24, 2.45) is 0 Å². The van der Waals surface area contributed by atoms with Gasteiger partial charge in [-0.15, -0.1) is 0 Å². The molecule has 0 unspecified atom stereocenters. The van der Waals surface area contributed by atoms with E-state index >= 15 is 0 Å². The second-order valence-corrected chi connectivity index (χ2v) is 4.49. The second kappa shape index (κ2) is 5.74. The summed E-state index contributed by atoms with van der Waals surface area (Å²) in [6.45, 7) is 3.64. The third kappa shape index (κ3) is 3.14. The molecule has 3 heteroatoms. The maximum atomic E-state index is 9.52. The number of aryl methyl sites for hydroxylation is 3. The highest BCUT2D eigenvalue weighted by molar-refractivity contribution is 5.19. The Bertz CT molecular complexity index is 509. The molecule has 2 aromatic rings. The molecule has 0 aliphatic rings. The topological polar surface area (TPSA) is 46.0 Å². The Hall–Kier alpha value is -1.74. The maximum absolute atomic E-state index is 9.52. The van der Waals surface area contributed by atoms with Gasteiger partial charge in [-0.05, 0) is 25.8 Å². The Morgan fingerprint density at radius 2 is 1.89 bits per heavy atom. The molecule has 0 spiro atoms. The Labute approximate surface area is 108 Å². The first-order valence-electron chi connectivity index (χ1n) is 6.21. The molecule has 1 atom stereocenters. The number of benzene rings is 1. The summed E-state index contributed by atoms with van der Waals surface area (Å²) in [6.07, 6.45) is 2.99. The SMILES string of the molecule is Cc1nc(CCc2ccccc2)ncc1[C@H](C)O. The van der Waals surface area contributed by atoms with Gasteiger partial charge in [0.2, 0.25) is 0 Å². The Balaban J connectivity index is 2.05. The normalized spacial score (nSPS) is 12.4. The van der Waals surface area contributed by atoms with E-state index in [-0.39, 0.29) is 0 Å². The fraction of sp³-hybridized carbons (Fsp3) is 0.333. The van der Waals surface area contributed by atoms with Crippen molar-refractivity contribution >= 4 is 0 Å². The molecule has 0 amide bonds. The minimum Gasteiger partial charge on any atom is -0.389 e. The molecule has 0 aliphatic heterocycles. The molecule has 0 fully saturated rings. The van der Waals surface area contributed by atoms with E-state index in [2.05, 4.69) is 22.1 Å². The third-order valence-corrected chi connectivity index (χ3v) is 3.00. The number of hydrogen-bond acceptors (Lipinski definition) is 3. The molecule has 0 saturated heterocycles. The van der Waals surface area contributed by atoms with Gasteiger partial charge in [-0.2, -0.15) is 0 Å². The van der Waals surface area contributed by atoms with Crippen molar-refractivity contribution in [1.82, 2.24) is 9.97 Å². The third-order valence-electron chi connectivity index (χ3n) is 3.00. The van der Waals surface area contributed by atoms with Crippen molar-refractivity contribution < 1.29 is 5.11 Å². The Morgan fingerprint density at radius 1 is 1.17 bits per heavy atom. The van der Waals surface area contributed by atoms with Crippen LogP contribution in [0.5, 0.6) is 0 Å². The van der Waals surface area contributed by atoms with Crippen LogP contribution in [0, 0.1) is 6.92 Å². The Kier molecular flexibility index (Phi) is 4.05. The standard InChI is InChI=1S/C15H18N2O/c1-11-14(12(2)18)10-16-15(17-11)9-8-13-6-4-3-5-7-13/h3-7,10,12,18H,8-9H2,1-2H3/t12-/m0/s1. The van der Waals surface area contributed by atoms with Gasteiger partial charge in [0.15, 0.2) is 0 Å². The number of nitrogens with zero attached hydrogens (tertiary/aromatic N) is 2. The van der Waals surface area contributed by atoms with E-state index in [9.17, 15) is 5.11 Å². The lowest BCUT2D eigenvalue weighted by molar-refractivity contribution is 0.197. The number of rotatable bonds is 4. The van der Waals surface area contributed by atoms with E-state index in [0.29, 0.717) is 0 Å². The number of hydrogen-bond donors (Lipinski definition) is 1. The first kappa shape index (κ1) is 12.7. The van der Waals surface area contributed by atoms with Crippen molar-refractivity contribution in [1.29, 1.82) is 0 Å². The van der Waals surface area contributed by atoms with Gasteiger partial charge in [-0.3, -0.25) is 0 Å². The van der Waals surface area contributed by atoms with Crippen molar-refractivity contribution in [3.05, 3.63) is 59.2 Å². The van der Waals surface area contributed by atoms with Crippen LogP contribution in [0.2, 0.25) is 0 Å². The number of aliphatic hydroxyl groups excluding tert-OH is 1. The van der Waals surface area contributed by atoms with Crippen LogP contribution in [0.3, 0.4) is 0 Å². The largest absolute Gasteiger partial charge is 0.389 e. The molecule has 0 radical (unpaired) electrons. The monoisotopic (exact) mass is 242 g/mol. The van der Waals surface area contributed by atoms with Gasteiger partial charge in [-0.1, -0.05) is 30.3 Å². The van der Waals surface area contributed by atoms with Crippen molar-refractivity contribution in [3.8, 4) is 0 Å². The molecule has 0 bridgehead atoms. The van der Waals surface area contributed by atoms with Gasteiger partial charge in [0.25, 0.3) is 0 Å². The molecule has 1 aromatic carbocycles. The fourth-order valence-electron chi connectivity index (χ4n) is 1.96. The molecule has 3 nitrogen and oxygen atoms in total. The highest BCUT2D eigenvalue weighted by atomic mass is 16.3. The average Bonchev–Trinajstić information content (AvgIpc) is 2.37. The zero-order valence-corrected chi connectivity index (χ0v) is 10.8. The zero-order valence-electron chi connectivity index (χ0n) is 10.8. The van der Waals surface area contributed by atoms with Crippen LogP contribution in [0.25, 0.3) is 0 Å². The quantitative estimate of drug-likeness (QED) is 0.896. The smallest absolute Gasteiger partial charge is 0.128 e. The maximum Gasteiger partial charge on any atom is 0.128 e. The number of aliphatic hydroxyl groups is 1. The molecular weight excluding hydrogens is 224 g/mol. The summed E-state index contributed by atoms with van der Waals surface area (Å²) in [5.41, 5.74) is 2.96. The van der Waals surface area contributed by atoms with E-state index in [0.717, 1.165) is 29.9 Å².